The molecule has 218 valence electrons. The number of hydrazone groups is 1. The summed E-state index contributed by atoms with van der Waals surface area (Å²) in [6.45, 7) is 6.46. The van der Waals surface area contributed by atoms with Gasteiger partial charge in [-0.05, 0) is 30.2 Å². The van der Waals surface area contributed by atoms with Gasteiger partial charge in [-0.3, -0.25) is 9.80 Å². The van der Waals surface area contributed by atoms with Gasteiger partial charge in [0.2, 0.25) is 0 Å². The van der Waals surface area contributed by atoms with Crippen LogP contribution in [0.2, 0.25) is 0 Å². The van der Waals surface area contributed by atoms with E-state index in [-0.39, 0.29) is 23.5 Å². The van der Waals surface area contributed by atoms with Crippen molar-refractivity contribution in [3.05, 3.63) is 48.0 Å². The zero-order valence-electron chi connectivity index (χ0n) is 22.4. The van der Waals surface area contributed by atoms with E-state index in [0.717, 1.165) is 11.1 Å². The number of carboxylic acid groups (broad SMARTS) is 1. The van der Waals surface area contributed by atoms with Crippen LogP contribution in [0, 0.1) is 23.5 Å². The number of halogens is 5. The number of anilines is 2. The summed E-state index contributed by atoms with van der Waals surface area (Å²) in [4.78, 5) is 13.0. The molecular formula is C28H32F5N3O4. The second-order valence-electron chi connectivity index (χ2n) is 10.5. The molecule has 0 aliphatic carbocycles. The van der Waals surface area contributed by atoms with E-state index >= 15 is 0 Å². The maximum atomic E-state index is 14.6. The first-order chi connectivity index (χ1) is 18.8. The average Bonchev–Trinajstić information content (AvgIpc) is 3.21. The van der Waals surface area contributed by atoms with Crippen LogP contribution in [0.4, 0.5) is 33.3 Å². The number of piperidine rings is 1. The van der Waals surface area contributed by atoms with Crippen molar-refractivity contribution in [3.63, 3.8) is 0 Å². The first-order valence-corrected chi connectivity index (χ1v) is 13.1. The average molecular weight is 570 g/mol. The van der Waals surface area contributed by atoms with Gasteiger partial charge in [-0.25, -0.2) is 8.78 Å². The standard InChI is InChI=1S/C28H32F5N3O4/c1-16(2)15-39-21-12-22(29)26(30)24(13-21)35-10-8-20(9-11-35)40-19-6-4-18(5-7-19)36-23(14-25(37)38)17(3)27(34-36)28(31,32)33/h4-7,12-13,16-17,20,23H,8-11,14-15H2,1-3H3,(H,37,38)/t17-,23-/m0/s1. The molecule has 0 saturated carbocycles. The molecule has 1 saturated heterocycles. The summed E-state index contributed by atoms with van der Waals surface area (Å²) in [7, 11) is 0. The molecule has 0 radical (unpaired) electrons. The molecule has 2 aromatic carbocycles. The van der Waals surface area contributed by atoms with Gasteiger partial charge in [0.05, 0.1) is 30.4 Å². The Hall–Kier alpha value is -3.57. The third-order valence-corrected chi connectivity index (χ3v) is 6.96. The molecule has 1 N–H and O–H groups in total. The summed E-state index contributed by atoms with van der Waals surface area (Å²) in [6.07, 6.45) is -4.32. The largest absolute Gasteiger partial charge is 0.493 e. The van der Waals surface area contributed by atoms with Crippen molar-refractivity contribution in [3.8, 4) is 11.5 Å². The van der Waals surface area contributed by atoms with Gasteiger partial charge in [0.15, 0.2) is 11.6 Å². The quantitative estimate of drug-likeness (QED) is 0.359. The maximum Gasteiger partial charge on any atom is 0.431 e. The fourth-order valence-electron chi connectivity index (χ4n) is 4.89. The molecule has 40 heavy (non-hydrogen) atoms. The topological polar surface area (TPSA) is 74.6 Å². The van der Waals surface area contributed by atoms with Gasteiger partial charge in [0.25, 0.3) is 0 Å². The fraction of sp³-hybridized carbons (Fsp3) is 0.500. The minimum Gasteiger partial charge on any atom is -0.493 e. The lowest BCUT2D eigenvalue weighted by Crippen LogP contribution is -2.38. The van der Waals surface area contributed by atoms with E-state index in [1.165, 1.54) is 25.1 Å². The van der Waals surface area contributed by atoms with E-state index in [2.05, 4.69) is 5.10 Å². The van der Waals surface area contributed by atoms with Crippen LogP contribution < -0.4 is 19.4 Å². The van der Waals surface area contributed by atoms with Crippen molar-refractivity contribution in [2.75, 3.05) is 29.6 Å². The molecule has 4 rings (SSSR count). The van der Waals surface area contributed by atoms with Crippen molar-refractivity contribution < 1.29 is 41.3 Å². The van der Waals surface area contributed by atoms with E-state index in [1.54, 1.807) is 17.0 Å². The summed E-state index contributed by atoms with van der Waals surface area (Å²) in [6, 6.07) is 7.83. The zero-order valence-corrected chi connectivity index (χ0v) is 22.4. The van der Waals surface area contributed by atoms with Gasteiger partial charge in [0, 0.05) is 44.0 Å². The van der Waals surface area contributed by atoms with E-state index < -0.39 is 47.9 Å². The molecule has 12 heteroatoms. The number of carbonyl (C=O) groups is 1. The predicted molar refractivity (Wildman–Crippen MR) is 140 cm³/mol. The van der Waals surface area contributed by atoms with Gasteiger partial charge >= 0.3 is 12.1 Å². The fourth-order valence-corrected chi connectivity index (χ4v) is 4.89. The number of aliphatic carboxylic acids is 1. The van der Waals surface area contributed by atoms with Crippen molar-refractivity contribution in [2.24, 2.45) is 16.9 Å². The first-order valence-electron chi connectivity index (χ1n) is 13.1. The highest BCUT2D eigenvalue weighted by molar-refractivity contribution is 5.95. The van der Waals surface area contributed by atoms with Gasteiger partial charge in [-0.15, -0.1) is 0 Å². The molecule has 2 aliphatic heterocycles. The van der Waals surface area contributed by atoms with Crippen LogP contribution in [0.15, 0.2) is 41.5 Å². The Morgan fingerprint density at radius 1 is 1.10 bits per heavy atom. The summed E-state index contributed by atoms with van der Waals surface area (Å²) < 4.78 is 80.7. The van der Waals surface area contributed by atoms with Crippen LogP contribution in [0.1, 0.15) is 40.0 Å². The SMILES string of the molecule is CC(C)COc1cc(F)c(F)c(N2CCC(Oc3ccc(N4N=C(C(F)(F)F)[C@@H](C)[C@@H]4CC(=O)O)cc3)CC2)c1. The van der Waals surface area contributed by atoms with Crippen LogP contribution in [-0.2, 0) is 4.79 Å². The predicted octanol–water partition coefficient (Wildman–Crippen LogP) is 6.27. The molecule has 2 aliphatic rings. The number of rotatable bonds is 9. The number of hydrogen-bond donors (Lipinski definition) is 1. The lowest BCUT2D eigenvalue weighted by Gasteiger charge is -2.34. The molecular weight excluding hydrogens is 537 g/mol. The lowest BCUT2D eigenvalue weighted by molar-refractivity contribution is -0.137. The van der Waals surface area contributed by atoms with E-state index in [0.29, 0.717) is 44.0 Å². The molecule has 2 atom stereocenters. The van der Waals surface area contributed by atoms with Gasteiger partial charge in [0.1, 0.15) is 23.3 Å². The molecule has 2 aromatic rings. The van der Waals surface area contributed by atoms with Crippen LogP contribution in [-0.4, -0.2) is 54.8 Å². The highest BCUT2D eigenvalue weighted by atomic mass is 19.4. The molecule has 0 bridgehead atoms. The molecule has 2 heterocycles. The number of alkyl halides is 3. The number of hydrogen-bond acceptors (Lipinski definition) is 6. The number of benzene rings is 2. The van der Waals surface area contributed by atoms with Crippen LogP contribution in [0.25, 0.3) is 0 Å². The molecule has 7 nitrogen and oxygen atoms in total. The maximum absolute atomic E-state index is 14.6. The van der Waals surface area contributed by atoms with Gasteiger partial charge in [-0.1, -0.05) is 20.8 Å². The van der Waals surface area contributed by atoms with Gasteiger partial charge in [-0.2, -0.15) is 18.3 Å². The molecule has 0 amide bonds. The van der Waals surface area contributed by atoms with Crippen LogP contribution in [0.3, 0.4) is 0 Å². The Balaban J connectivity index is 1.39. The van der Waals surface area contributed by atoms with Crippen molar-refractivity contribution in [1.82, 2.24) is 0 Å². The zero-order chi connectivity index (χ0) is 29.2. The Morgan fingerprint density at radius 3 is 2.33 bits per heavy atom. The Morgan fingerprint density at radius 2 is 1.75 bits per heavy atom. The minimum absolute atomic E-state index is 0.135. The summed E-state index contributed by atoms with van der Waals surface area (Å²) in [5, 5.41) is 14.0. The smallest absolute Gasteiger partial charge is 0.431 e. The van der Waals surface area contributed by atoms with Crippen molar-refractivity contribution in [1.29, 1.82) is 0 Å². The third-order valence-electron chi connectivity index (χ3n) is 6.96. The molecule has 0 spiro atoms. The highest BCUT2D eigenvalue weighted by Crippen LogP contribution is 2.37. The van der Waals surface area contributed by atoms with Crippen molar-refractivity contribution in [2.45, 2.75) is 58.4 Å². The van der Waals surface area contributed by atoms with Crippen LogP contribution >= 0.6 is 0 Å². The Kier molecular flexibility index (Phi) is 8.74. The number of carboxylic acids is 1. The van der Waals surface area contributed by atoms with Gasteiger partial charge < -0.3 is 19.5 Å². The third kappa shape index (κ3) is 6.76. The summed E-state index contributed by atoms with van der Waals surface area (Å²) in [5.74, 6) is -3.26. The second-order valence-corrected chi connectivity index (χ2v) is 10.5. The Labute approximate surface area is 229 Å². The van der Waals surface area contributed by atoms with E-state index in [4.69, 9.17) is 9.47 Å². The molecule has 0 aromatic heterocycles. The Bertz CT molecular complexity index is 1230. The summed E-state index contributed by atoms with van der Waals surface area (Å²) in [5.41, 5.74) is -0.563. The van der Waals surface area contributed by atoms with Crippen molar-refractivity contribution >= 4 is 23.1 Å². The highest BCUT2D eigenvalue weighted by Gasteiger charge is 2.48. The molecule has 1 fully saturated rings. The second kappa shape index (κ2) is 11.9. The lowest BCUT2D eigenvalue weighted by atomic mass is 9.94. The molecule has 0 unspecified atom stereocenters. The monoisotopic (exact) mass is 569 g/mol. The van der Waals surface area contributed by atoms with Crippen LogP contribution in [0.5, 0.6) is 11.5 Å². The summed E-state index contributed by atoms with van der Waals surface area (Å²) >= 11 is 0. The first kappa shape index (κ1) is 29.4. The van der Waals surface area contributed by atoms with E-state index in [1.807, 2.05) is 13.8 Å². The normalized spacial score (nSPS) is 20.2. The minimum atomic E-state index is -4.67. The number of ether oxygens (including phenoxy) is 2. The number of nitrogens with zero attached hydrogens (tertiary/aromatic N) is 3. The van der Waals surface area contributed by atoms with E-state index in [9.17, 15) is 31.9 Å².